The minimum Gasteiger partial charge on any atom is -0.490 e. The van der Waals surface area contributed by atoms with Gasteiger partial charge in [-0.2, -0.15) is 0 Å². The van der Waals surface area contributed by atoms with Gasteiger partial charge in [-0.15, -0.1) is 0 Å². The van der Waals surface area contributed by atoms with Crippen LogP contribution >= 0.6 is 0 Å². The lowest BCUT2D eigenvalue weighted by molar-refractivity contribution is 0.287. The summed E-state index contributed by atoms with van der Waals surface area (Å²) in [5.74, 6) is 2.33. The highest BCUT2D eigenvalue weighted by molar-refractivity contribution is 5.81. The molecule has 0 amide bonds. The fourth-order valence-corrected chi connectivity index (χ4v) is 2.48. The first-order valence-electron chi connectivity index (χ1n) is 8.08. The lowest BCUT2D eigenvalue weighted by atomic mass is 10.1. The minimum absolute atomic E-state index is 0.612. The van der Waals surface area contributed by atoms with Crippen molar-refractivity contribution in [2.45, 2.75) is 20.3 Å². The first kappa shape index (κ1) is 16.0. The molecule has 0 aliphatic carbocycles. The molecular formula is C17H21N5O2. The molecular weight excluding hydrogens is 306 g/mol. The zero-order chi connectivity index (χ0) is 16.8. The second-order valence-corrected chi connectivity index (χ2v) is 5.15. The van der Waals surface area contributed by atoms with Crippen molar-refractivity contribution in [1.29, 1.82) is 0 Å². The van der Waals surface area contributed by atoms with E-state index in [1.165, 1.54) is 11.9 Å². The molecule has 7 nitrogen and oxygen atoms in total. The molecule has 7 heteroatoms. The fourth-order valence-electron chi connectivity index (χ4n) is 2.48. The van der Waals surface area contributed by atoms with Gasteiger partial charge in [-0.3, -0.25) is 0 Å². The average molecular weight is 327 g/mol. The normalized spacial score (nSPS) is 10.8. The molecule has 0 atom stereocenters. The summed E-state index contributed by atoms with van der Waals surface area (Å²) in [6.45, 7) is 5.90. The van der Waals surface area contributed by atoms with Crippen LogP contribution in [-0.2, 0) is 6.42 Å². The van der Waals surface area contributed by atoms with E-state index in [1.807, 2.05) is 26.0 Å². The summed E-state index contributed by atoms with van der Waals surface area (Å²) in [6.07, 6.45) is 3.97. The monoisotopic (exact) mass is 327 g/mol. The van der Waals surface area contributed by atoms with Gasteiger partial charge in [0.2, 0.25) is 0 Å². The molecule has 2 aromatic heterocycles. The number of H-pyrrole nitrogens is 1. The molecule has 1 aromatic carbocycles. The molecule has 2 heterocycles. The predicted molar refractivity (Wildman–Crippen MR) is 92.7 cm³/mol. The number of fused-ring (bicyclic) bond motifs is 1. The van der Waals surface area contributed by atoms with E-state index in [0.717, 1.165) is 35.8 Å². The van der Waals surface area contributed by atoms with Crippen LogP contribution < -0.4 is 14.8 Å². The highest BCUT2D eigenvalue weighted by atomic mass is 16.5. The average Bonchev–Trinajstić information content (AvgIpc) is 3.07. The molecule has 0 saturated heterocycles. The molecule has 0 fully saturated rings. The van der Waals surface area contributed by atoms with Gasteiger partial charge in [-0.1, -0.05) is 6.07 Å². The number of rotatable bonds is 8. The van der Waals surface area contributed by atoms with Crippen LogP contribution in [0.5, 0.6) is 11.5 Å². The fraction of sp³-hybridized carbons (Fsp3) is 0.353. The van der Waals surface area contributed by atoms with Gasteiger partial charge < -0.3 is 19.8 Å². The topological polar surface area (TPSA) is 85.0 Å². The molecule has 0 spiro atoms. The SMILES string of the molecule is CCOc1ccc(CCNc2ncnc3nc[nH]c23)cc1OCC. The second kappa shape index (κ2) is 7.63. The summed E-state index contributed by atoms with van der Waals surface area (Å²) in [7, 11) is 0. The maximum Gasteiger partial charge on any atom is 0.182 e. The molecule has 0 radical (unpaired) electrons. The number of nitrogens with one attached hydrogen (secondary N) is 2. The molecule has 3 rings (SSSR count). The van der Waals surface area contributed by atoms with E-state index in [0.29, 0.717) is 18.9 Å². The van der Waals surface area contributed by atoms with E-state index >= 15 is 0 Å². The largest absolute Gasteiger partial charge is 0.490 e. The van der Waals surface area contributed by atoms with Gasteiger partial charge >= 0.3 is 0 Å². The predicted octanol–water partition coefficient (Wildman–Crippen LogP) is 2.80. The number of nitrogens with zero attached hydrogens (tertiary/aromatic N) is 3. The van der Waals surface area contributed by atoms with Crippen molar-refractivity contribution >= 4 is 17.0 Å². The van der Waals surface area contributed by atoms with Crippen molar-refractivity contribution in [2.24, 2.45) is 0 Å². The Morgan fingerprint density at radius 3 is 2.71 bits per heavy atom. The summed E-state index contributed by atoms with van der Waals surface area (Å²) in [5.41, 5.74) is 2.65. The lowest BCUT2D eigenvalue weighted by Crippen LogP contribution is -2.07. The quantitative estimate of drug-likeness (QED) is 0.662. The van der Waals surface area contributed by atoms with Gasteiger partial charge in [0.25, 0.3) is 0 Å². The molecule has 2 N–H and O–H groups in total. The Labute approximate surface area is 140 Å². The Morgan fingerprint density at radius 2 is 1.88 bits per heavy atom. The highest BCUT2D eigenvalue weighted by Crippen LogP contribution is 2.28. The van der Waals surface area contributed by atoms with Gasteiger partial charge in [0.15, 0.2) is 23.0 Å². The third-order valence-corrected chi connectivity index (χ3v) is 3.54. The smallest absolute Gasteiger partial charge is 0.182 e. The number of hydrogen-bond donors (Lipinski definition) is 2. The Hall–Kier alpha value is -2.83. The number of imidazole rings is 1. The maximum atomic E-state index is 5.66. The van der Waals surface area contributed by atoms with Crippen molar-refractivity contribution < 1.29 is 9.47 Å². The number of benzene rings is 1. The zero-order valence-electron chi connectivity index (χ0n) is 13.9. The van der Waals surface area contributed by atoms with Crippen LogP contribution in [0.15, 0.2) is 30.9 Å². The Bertz CT molecular complexity index is 803. The van der Waals surface area contributed by atoms with E-state index in [1.54, 1.807) is 6.33 Å². The van der Waals surface area contributed by atoms with Crippen molar-refractivity contribution in [1.82, 2.24) is 19.9 Å². The Morgan fingerprint density at radius 1 is 1.04 bits per heavy atom. The van der Waals surface area contributed by atoms with Crippen molar-refractivity contribution in [2.75, 3.05) is 25.1 Å². The van der Waals surface area contributed by atoms with Crippen LogP contribution in [0, 0.1) is 0 Å². The van der Waals surface area contributed by atoms with Crippen LogP contribution in [-0.4, -0.2) is 39.7 Å². The van der Waals surface area contributed by atoms with Crippen LogP contribution in [0.1, 0.15) is 19.4 Å². The molecule has 0 aliphatic heterocycles. The molecule has 126 valence electrons. The van der Waals surface area contributed by atoms with Crippen LogP contribution in [0.3, 0.4) is 0 Å². The van der Waals surface area contributed by atoms with Gasteiger partial charge in [-0.05, 0) is 38.0 Å². The first-order valence-corrected chi connectivity index (χ1v) is 8.08. The number of hydrogen-bond acceptors (Lipinski definition) is 6. The van der Waals surface area contributed by atoms with E-state index in [2.05, 4.69) is 31.3 Å². The van der Waals surface area contributed by atoms with Crippen molar-refractivity contribution in [3.8, 4) is 11.5 Å². The van der Waals surface area contributed by atoms with Crippen molar-refractivity contribution in [3.05, 3.63) is 36.4 Å². The van der Waals surface area contributed by atoms with E-state index in [9.17, 15) is 0 Å². The van der Waals surface area contributed by atoms with Gasteiger partial charge in [-0.25, -0.2) is 15.0 Å². The minimum atomic E-state index is 0.612. The van der Waals surface area contributed by atoms with Gasteiger partial charge in [0, 0.05) is 6.54 Å². The van der Waals surface area contributed by atoms with Crippen LogP contribution in [0.2, 0.25) is 0 Å². The van der Waals surface area contributed by atoms with Crippen LogP contribution in [0.4, 0.5) is 5.82 Å². The van der Waals surface area contributed by atoms with E-state index < -0.39 is 0 Å². The third kappa shape index (κ3) is 3.56. The molecule has 0 saturated carbocycles. The molecule has 0 unspecified atom stereocenters. The maximum absolute atomic E-state index is 5.66. The standard InChI is InChI=1S/C17H21N5O2/c1-3-23-13-6-5-12(9-14(13)24-4-2)7-8-18-16-15-17(20-10-19-15)22-11-21-16/h5-6,9-11H,3-4,7-8H2,1-2H3,(H2,18,19,20,21,22). The Kier molecular flexibility index (Phi) is 5.10. The second-order valence-electron chi connectivity index (χ2n) is 5.15. The number of ether oxygens (including phenoxy) is 2. The van der Waals surface area contributed by atoms with Crippen LogP contribution in [0.25, 0.3) is 11.2 Å². The number of anilines is 1. The Balaban J connectivity index is 1.66. The summed E-state index contributed by atoms with van der Waals surface area (Å²) in [5, 5.41) is 3.32. The summed E-state index contributed by atoms with van der Waals surface area (Å²) >= 11 is 0. The van der Waals surface area contributed by atoms with Gasteiger partial charge in [0.1, 0.15) is 11.8 Å². The number of aromatic nitrogens is 4. The molecule has 0 bridgehead atoms. The number of aromatic amines is 1. The third-order valence-electron chi connectivity index (χ3n) is 3.54. The summed E-state index contributed by atoms with van der Waals surface area (Å²) in [6, 6.07) is 6.05. The van der Waals surface area contributed by atoms with E-state index in [4.69, 9.17) is 9.47 Å². The molecule has 24 heavy (non-hydrogen) atoms. The van der Waals surface area contributed by atoms with Crippen molar-refractivity contribution in [3.63, 3.8) is 0 Å². The molecule has 0 aliphatic rings. The van der Waals surface area contributed by atoms with E-state index in [-0.39, 0.29) is 0 Å². The van der Waals surface area contributed by atoms with Gasteiger partial charge in [0.05, 0.1) is 19.5 Å². The zero-order valence-corrected chi connectivity index (χ0v) is 13.9. The summed E-state index contributed by atoms with van der Waals surface area (Å²) in [4.78, 5) is 15.5. The molecule has 3 aromatic rings. The lowest BCUT2D eigenvalue weighted by Gasteiger charge is -2.12. The first-order chi connectivity index (χ1) is 11.8. The highest BCUT2D eigenvalue weighted by Gasteiger charge is 2.08. The summed E-state index contributed by atoms with van der Waals surface area (Å²) < 4.78 is 11.3.